The van der Waals surface area contributed by atoms with Gasteiger partial charge in [0.25, 0.3) is 0 Å². The van der Waals surface area contributed by atoms with E-state index in [4.69, 9.17) is 4.42 Å². The van der Waals surface area contributed by atoms with Crippen molar-refractivity contribution in [3.05, 3.63) is 54.0 Å². The van der Waals surface area contributed by atoms with Crippen LogP contribution in [0.3, 0.4) is 0 Å². The van der Waals surface area contributed by atoms with Crippen molar-refractivity contribution in [3.8, 4) is 0 Å². The molecule has 0 radical (unpaired) electrons. The first-order chi connectivity index (χ1) is 12.0. The Morgan fingerprint density at radius 3 is 2.92 bits per heavy atom. The summed E-state index contributed by atoms with van der Waals surface area (Å²) in [6, 6.07) is 6.33. The number of carbonyl (C=O) groups is 2. The first kappa shape index (κ1) is 17.2. The summed E-state index contributed by atoms with van der Waals surface area (Å²) in [5.74, 6) is -1.87. The summed E-state index contributed by atoms with van der Waals surface area (Å²) < 4.78 is 31.5. The molecule has 1 saturated heterocycles. The third kappa shape index (κ3) is 4.44. The van der Waals surface area contributed by atoms with Gasteiger partial charge in [0, 0.05) is 12.5 Å². The van der Waals surface area contributed by atoms with Crippen LogP contribution in [0.15, 0.2) is 46.0 Å². The highest BCUT2D eigenvalue weighted by Gasteiger charge is 2.32. The van der Waals surface area contributed by atoms with Gasteiger partial charge in [-0.25, -0.2) is 8.78 Å². The summed E-state index contributed by atoms with van der Waals surface area (Å²) in [4.78, 5) is 28.1. The number of nitrogens with one attached hydrogen (secondary N) is 2. The molecule has 2 N–H and O–H groups in total. The van der Waals surface area contributed by atoms with Crippen molar-refractivity contribution in [2.75, 3.05) is 5.32 Å². The molecule has 0 unspecified atom stereocenters. The highest BCUT2D eigenvalue weighted by atomic mass is 32.2. The summed E-state index contributed by atoms with van der Waals surface area (Å²) in [5, 5.41) is 4.64. The Morgan fingerprint density at radius 2 is 2.20 bits per heavy atom. The summed E-state index contributed by atoms with van der Waals surface area (Å²) in [6.07, 6.45) is 1.37. The molecule has 0 saturated carbocycles. The van der Waals surface area contributed by atoms with Gasteiger partial charge in [0.1, 0.15) is 22.6 Å². The fraction of sp³-hybridized carbons (Fsp3) is 0.188. The number of rotatable bonds is 5. The second-order valence-electron chi connectivity index (χ2n) is 5.17. The zero-order valence-electron chi connectivity index (χ0n) is 12.8. The predicted molar refractivity (Wildman–Crippen MR) is 89.0 cm³/mol. The molecular weight excluding hydrogens is 352 g/mol. The highest BCUT2D eigenvalue weighted by Crippen LogP contribution is 2.24. The number of thioether (sulfide) groups is 1. The van der Waals surface area contributed by atoms with Crippen molar-refractivity contribution < 1.29 is 22.8 Å². The molecule has 0 bridgehead atoms. The van der Waals surface area contributed by atoms with Gasteiger partial charge in [-0.15, -0.1) is 0 Å². The lowest BCUT2D eigenvalue weighted by atomic mass is 10.2. The first-order valence-corrected chi connectivity index (χ1v) is 8.18. The van der Waals surface area contributed by atoms with Crippen LogP contribution in [0.4, 0.5) is 14.5 Å². The first-order valence-electron chi connectivity index (χ1n) is 7.30. The number of carbonyl (C=O) groups excluding carboxylic acids is 2. The van der Waals surface area contributed by atoms with Crippen LogP contribution in [0.1, 0.15) is 12.2 Å². The zero-order chi connectivity index (χ0) is 17.8. The molecule has 0 aliphatic carbocycles. The quantitative estimate of drug-likeness (QED) is 0.853. The Balaban J connectivity index is 1.56. The molecule has 2 heterocycles. The fourth-order valence-electron chi connectivity index (χ4n) is 2.13. The van der Waals surface area contributed by atoms with Gasteiger partial charge in [-0.05, 0) is 24.3 Å². The summed E-state index contributed by atoms with van der Waals surface area (Å²) in [5.41, 5.74) is -0.137. The van der Waals surface area contributed by atoms with Gasteiger partial charge >= 0.3 is 0 Å². The number of amidine groups is 1. The molecule has 1 aromatic heterocycles. The zero-order valence-corrected chi connectivity index (χ0v) is 13.6. The molecule has 1 aliphatic heterocycles. The maximum atomic E-state index is 13.5. The monoisotopic (exact) mass is 365 g/mol. The van der Waals surface area contributed by atoms with Crippen LogP contribution in [-0.2, 0) is 16.1 Å². The maximum absolute atomic E-state index is 13.5. The standard InChI is InChI=1S/C16H13F2N3O3S/c17-9-3-4-12(11(18)6-9)20-14(22)7-13-15(23)21-16(25-13)19-8-10-2-1-5-24-10/h1-6,13H,7-8H2,(H,20,22)(H,19,21,23)/t13-/m0/s1. The molecule has 6 nitrogen and oxygen atoms in total. The number of hydrogen-bond donors (Lipinski definition) is 2. The van der Waals surface area contributed by atoms with Crippen molar-refractivity contribution in [2.24, 2.45) is 4.99 Å². The topological polar surface area (TPSA) is 83.7 Å². The molecule has 1 aliphatic rings. The van der Waals surface area contributed by atoms with E-state index in [1.54, 1.807) is 12.1 Å². The Bertz CT molecular complexity index is 824. The fourth-order valence-corrected chi connectivity index (χ4v) is 3.10. The van der Waals surface area contributed by atoms with Crippen molar-refractivity contribution in [1.82, 2.24) is 5.32 Å². The second-order valence-corrected chi connectivity index (χ2v) is 6.36. The van der Waals surface area contributed by atoms with Crippen LogP contribution in [0, 0.1) is 11.6 Å². The minimum atomic E-state index is -0.877. The normalized spacial score (nSPS) is 18.4. The Morgan fingerprint density at radius 1 is 1.36 bits per heavy atom. The number of hydrogen-bond acceptors (Lipinski definition) is 5. The van der Waals surface area contributed by atoms with E-state index >= 15 is 0 Å². The lowest BCUT2D eigenvalue weighted by Crippen LogP contribution is -2.28. The molecular formula is C16H13F2N3O3S. The van der Waals surface area contributed by atoms with Crippen molar-refractivity contribution >= 4 is 34.4 Å². The smallest absolute Gasteiger partial charge is 0.240 e. The van der Waals surface area contributed by atoms with Crippen molar-refractivity contribution in [1.29, 1.82) is 0 Å². The third-order valence-corrected chi connectivity index (χ3v) is 4.43. The lowest BCUT2D eigenvalue weighted by Gasteiger charge is -2.08. The van der Waals surface area contributed by atoms with E-state index in [-0.39, 0.29) is 24.6 Å². The van der Waals surface area contributed by atoms with Crippen LogP contribution in [0.25, 0.3) is 0 Å². The Hall–Kier alpha value is -2.68. The maximum Gasteiger partial charge on any atom is 0.240 e. The molecule has 3 rings (SSSR count). The summed E-state index contributed by atoms with van der Waals surface area (Å²) in [6.45, 7) is 0.273. The highest BCUT2D eigenvalue weighted by molar-refractivity contribution is 8.15. The van der Waals surface area contributed by atoms with Crippen molar-refractivity contribution in [2.45, 2.75) is 18.2 Å². The summed E-state index contributed by atoms with van der Waals surface area (Å²) in [7, 11) is 0. The minimum Gasteiger partial charge on any atom is -0.467 e. The SMILES string of the molecule is O=C(C[C@@H]1SC(=NCc2ccco2)NC1=O)Nc1ccc(F)cc1F. The van der Waals surface area contributed by atoms with E-state index in [9.17, 15) is 18.4 Å². The van der Waals surface area contributed by atoms with Gasteiger partial charge < -0.3 is 15.1 Å². The van der Waals surface area contributed by atoms with Gasteiger partial charge in [-0.2, -0.15) is 0 Å². The number of amides is 2. The van der Waals surface area contributed by atoms with Gasteiger partial charge in [0.2, 0.25) is 11.8 Å². The Labute approximate surface area is 145 Å². The van der Waals surface area contributed by atoms with E-state index in [1.165, 1.54) is 6.26 Å². The largest absolute Gasteiger partial charge is 0.467 e. The third-order valence-electron chi connectivity index (χ3n) is 3.31. The van der Waals surface area contributed by atoms with Crippen LogP contribution in [0.5, 0.6) is 0 Å². The number of anilines is 1. The van der Waals surface area contributed by atoms with Crippen LogP contribution >= 0.6 is 11.8 Å². The number of aliphatic imine (C=N–C) groups is 1. The lowest BCUT2D eigenvalue weighted by molar-refractivity contribution is -0.122. The second kappa shape index (κ2) is 7.47. The molecule has 1 aromatic carbocycles. The molecule has 130 valence electrons. The van der Waals surface area contributed by atoms with E-state index in [0.717, 1.165) is 23.9 Å². The minimum absolute atomic E-state index is 0.137. The van der Waals surface area contributed by atoms with Crippen LogP contribution in [0.2, 0.25) is 0 Å². The van der Waals surface area contributed by atoms with Crippen LogP contribution in [-0.4, -0.2) is 22.2 Å². The number of halogens is 2. The van der Waals surface area contributed by atoms with Gasteiger partial charge in [-0.1, -0.05) is 11.8 Å². The van der Waals surface area contributed by atoms with Gasteiger partial charge in [-0.3, -0.25) is 14.6 Å². The number of furan rings is 1. The molecule has 1 atom stereocenters. The average molecular weight is 365 g/mol. The van der Waals surface area contributed by atoms with Gasteiger partial charge in [0.15, 0.2) is 5.17 Å². The van der Waals surface area contributed by atoms with E-state index < -0.39 is 22.8 Å². The molecule has 25 heavy (non-hydrogen) atoms. The molecule has 1 fully saturated rings. The van der Waals surface area contributed by atoms with E-state index in [0.29, 0.717) is 17.0 Å². The average Bonchev–Trinajstić information content (AvgIpc) is 3.18. The summed E-state index contributed by atoms with van der Waals surface area (Å²) >= 11 is 1.12. The van der Waals surface area contributed by atoms with Crippen LogP contribution < -0.4 is 10.6 Å². The number of benzene rings is 1. The number of nitrogens with zero attached hydrogens (tertiary/aromatic N) is 1. The Kier molecular flexibility index (Phi) is 5.13. The van der Waals surface area contributed by atoms with Gasteiger partial charge in [0.05, 0.1) is 18.5 Å². The predicted octanol–water partition coefficient (Wildman–Crippen LogP) is 2.67. The molecule has 2 aromatic rings. The van der Waals surface area contributed by atoms with E-state index in [2.05, 4.69) is 15.6 Å². The molecule has 9 heteroatoms. The molecule has 0 spiro atoms. The molecule has 2 amide bonds. The van der Waals surface area contributed by atoms with E-state index in [1.807, 2.05) is 0 Å². The van der Waals surface area contributed by atoms with Crippen molar-refractivity contribution in [3.63, 3.8) is 0 Å².